The lowest BCUT2D eigenvalue weighted by molar-refractivity contribution is -0.144. The zero-order chi connectivity index (χ0) is 27.2. The minimum Gasteiger partial charge on any atom is -0.444 e. The number of esters is 1. The summed E-state index contributed by atoms with van der Waals surface area (Å²) in [6, 6.07) is 11.7. The number of hydrogen-bond acceptors (Lipinski definition) is 6. The fraction of sp³-hybridized carbons (Fsp3) is 0.484. The number of aryl methyl sites for hydroxylation is 1. The van der Waals surface area contributed by atoms with Crippen molar-refractivity contribution in [2.45, 2.75) is 58.3 Å². The molecule has 2 aliphatic rings. The third-order valence-corrected chi connectivity index (χ3v) is 8.75. The van der Waals surface area contributed by atoms with E-state index in [0.717, 1.165) is 98.3 Å². The molecule has 1 aromatic heterocycles. The second-order valence-electron chi connectivity index (χ2n) is 10.6. The molecule has 5 rings (SSSR count). The molecule has 2 aliphatic heterocycles. The Balaban J connectivity index is 1.15. The second kappa shape index (κ2) is 12.9. The molecule has 3 heterocycles. The van der Waals surface area contributed by atoms with Gasteiger partial charge in [-0.05, 0) is 60.0 Å². The van der Waals surface area contributed by atoms with Crippen LogP contribution in [-0.4, -0.2) is 56.2 Å². The Morgan fingerprint density at radius 2 is 1.85 bits per heavy atom. The number of fused-ring (bicyclic) bond motifs is 2. The number of rotatable bonds is 11. The van der Waals surface area contributed by atoms with Crippen molar-refractivity contribution < 1.29 is 18.7 Å². The number of carbonyl (C=O) groups is 2. The summed E-state index contributed by atoms with van der Waals surface area (Å²) in [7, 11) is 0. The van der Waals surface area contributed by atoms with Crippen molar-refractivity contribution in [2.24, 2.45) is 0 Å². The minimum atomic E-state index is -0.237. The van der Waals surface area contributed by atoms with Crippen molar-refractivity contribution in [1.82, 2.24) is 4.90 Å². The van der Waals surface area contributed by atoms with Crippen molar-refractivity contribution in [3.8, 4) is 0 Å². The van der Waals surface area contributed by atoms with E-state index in [1.165, 1.54) is 5.56 Å². The topological polar surface area (TPSA) is 53.1 Å². The average molecular weight is 552 g/mol. The lowest BCUT2D eigenvalue weighted by Gasteiger charge is -2.36. The van der Waals surface area contributed by atoms with E-state index in [0.29, 0.717) is 12.8 Å². The van der Waals surface area contributed by atoms with Gasteiger partial charge in [0, 0.05) is 61.3 Å². The molecule has 2 aromatic carbocycles. The zero-order valence-electron chi connectivity index (χ0n) is 22.8. The molecule has 3 aromatic rings. The van der Waals surface area contributed by atoms with Gasteiger partial charge in [0.2, 0.25) is 5.91 Å². The number of unbranched alkanes of at least 4 members (excludes halogenated alkanes) is 3. The molecule has 1 saturated heterocycles. The quantitative estimate of drug-likeness (QED) is 0.211. The largest absolute Gasteiger partial charge is 0.444 e. The van der Waals surface area contributed by atoms with Crippen molar-refractivity contribution in [3.05, 3.63) is 58.7 Å². The molecule has 0 bridgehead atoms. The molecule has 0 aliphatic carbocycles. The smallest absolute Gasteiger partial charge is 0.307 e. The van der Waals surface area contributed by atoms with Crippen LogP contribution in [0.5, 0.6) is 0 Å². The second-order valence-corrected chi connectivity index (χ2v) is 11.5. The summed E-state index contributed by atoms with van der Waals surface area (Å²) in [6.07, 6.45) is 6.54. The molecule has 6 nitrogen and oxygen atoms in total. The van der Waals surface area contributed by atoms with Crippen molar-refractivity contribution in [1.29, 1.82) is 0 Å². The number of anilines is 2. The van der Waals surface area contributed by atoms with Gasteiger partial charge in [0.15, 0.2) is 6.73 Å². The van der Waals surface area contributed by atoms with E-state index in [4.69, 9.17) is 4.74 Å². The highest BCUT2D eigenvalue weighted by Gasteiger charge is 2.26. The number of piperazine rings is 1. The number of thiophene rings is 1. The zero-order valence-corrected chi connectivity index (χ0v) is 23.6. The molecule has 0 atom stereocenters. The molecule has 8 heteroatoms. The van der Waals surface area contributed by atoms with Gasteiger partial charge in [-0.25, -0.2) is 4.39 Å². The molecule has 0 radical (unpaired) electrons. The summed E-state index contributed by atoms with van der Waals surface area (Å²) in [5, 5.41) is 3.15. The third-order valence-electron chi connectivity index (χ3n) is 7.88. The number of ether oxygens (including phenoxy) is 1. The molecule has 208 valence electrons. The number of hydrogen-bond donors (Lipinski definition) is 0. The summed E-state index contributed by atoms with van der Waals surface area (Å²) in [5.41, 5.74) is 4.16. The number of nitrogens with zero attached hydrogens (tertiary/aromatic N) is 3. The van der Waals surface area contributed by atoms with E-state index in [1.807, 2.05) is 5.38 Å². The van der Waals surface area contributed by atoms with Gasteiger partial charge < -0.3 is 9.64 Å². The first-order valence-electron chi connectivity index (χ1n) is 14.2. The number of halogens is 1. The Hall–Kier alpha value is -2.97. The predicted molar refractivity (Wildman–Crippen MR) is 156 cm³/mol. The first-order chi connectivity index (χ1) is 19.0. The maximum atomic E-state index is 14.2. The lowest BCUT2D eigenvalue weighted by Crippen LogP contribution is -2.47. The number of benzene rings is 2. The molecule has 0 spiro atoms. The molecule has 39 heavy (non-hydrogen) atoms. The lowest BCUT2D eigenvalue weighted by atomic mass is 9.98. The van der Waals surface area contributed by atoms with Gasteiger partial charge >= 0.3 is 5.97 Å². The number of amides is 1. The van der Waals surface area contributed by atoms with Gasteiger partial charge in [0.25, 0.3) is 0 Å². The fourth-order valence-corrected chi connectivity index (χ4v) is 6.40. The predicted octanol–water partition coefficient (Wildman–Crippen LogP) is 6.16. The first-order valence-corrected chi connectivity index (χ1v) is 15.1. The summed E-state index contributed by atoms with van der Waals surface area (Å²) >= 11 is 1.58. The van der Waals surface area contributed by atoms with Crippen LogP contribution in [0.2, 0.25) is 0 Å². The van der Waals surface area contributed by atoms with E-state index in [9.17, 15) is 14.0 Å². The minimum absolute atomic E-state index is 0.00614. The fourth-order valence-electron chi connectivity index (χ4n) is 5.57. The van der Waals surface area contributed by atoms with Gasteiger partial charge in [-0.1, -0.05) is 38.3 Å². The van der Waals surface area contributed by atoms with Crippen molar-refractivity contribution >= 4 is 44.7 Å². The molecule has 1 fully saturated rings. The molecule has 0 unspecified atom stereocenters. The maximum absolute atomic E-state index is 14.2. The summed E-state index contributed by atoms with van der Waals surface area (Å²) < 4.78 is 20.7. The highest BCUT2D eigenvalue weighted by molar-refractivity contribution is 7.17. The third kappa shape index (κ3) is 6.79. The van der Waals surface area contributed by atoms with Crippen LogP contribution >= 0.6 is 11.3 Å². The van der Waals surface area contributed by atoms with Gasteiger partial charge in [0.05, 0.1) is 5.69 Å². The molecular formula is C31H38FN3O3S. The van der Waals surface area contributed by atoms with Gasteiger partial charge in [0.1, 0.15) is 5.82 Å². The van der Waals surface area contributed by atoms with Gasteiger partial charge in [-0.15, -0.1) is 11.3 Å². The maximum Gasteiger partial charge on any atom is 0.307 e. The van der Waals surface area contributed by atoms with Crippen LogP contribution in [-0.2, 0) is 27.2 Å². The van der Waals surface area contributed by atoms with E-state index < -0.39 is 0 Å². The van der Waals surface area contributed by atoms with Crippen LogP contribution in [0.25, 0.3) is 10.1 Å². The normalized spacial score (nSPS) is 16.1. The van der Waals surface area contributed by atoms with Crippen molar-refractivity contribution in [2.75, 3.05) is 49.3 Å². The standard InChI is InChI=1S/C31H38FN3O3S/c1-2-3-4-5-6-31(37)38-22-35-27-19-23(7-8-24(27)9-10-30(35)36)11-13-33-14-16-34(17-15-33)28-20-25(32)21-29-26(28)12-18-39-29/h7-8,12,18-21H,2-6,9-11,13-17,22H2,1H3. The Labute approximate surface area is 234 Å². The van der Waals surface area contributed by atoms with E-state index in [2.05, 4.69) is 41.0 Å². The molecule has 0 saturated carbocycles. The molecular weight excluding hydrogens is 513 g/mol. The van der Waals surface area contributed by atoms with Crippen LogP contribution < -0.4 is 9.80 Å². The van der Waals surface area contributed by atoms with Gasteiger partial charge in [-0.3, -0.25) is 19.4 Å². The van der Waals surface area contributed by atoms with Crippen LogP contribution in [0.3, 0.4) is 0 Å². The van der Waals surface area contributed by atoms with E-state index in [-0.39, 0.29) is 24.4 Å². The summed E-state index contributed by atoms with van der Waals surface area (Å²) in [6.45, 7) is 6.63. The van der Waals surface area contributed by atoms with Crippen molar-refractivity contribution in [3.63, 3.8) is 0 Å². The summed E-state index contributed by atoms with van der Waals surface area (Å²) in [5.74, 6) is -0.407. The van der Waals surface area contributed by atoms with Gasteiger partial charge in [-0.2, -0.15) is 0 Å². The highest BCUT2D eigenvalue weighted by atomic mass is 32.1. The van der Waals surface area contributed by atoms with E-state index >= 15 is 0 Å². The monoisotopic (exact) mass is 551 g/mol. The SMILES string of the molecule is CCCCCCC(=O)OCN1C(=O)CCc2ccc(CCN3CCN(c4cc(F)cc5sccc45)CC3)cc21. The molecule has 0 N–H and O–H groups in total. The Morgan fingerprint density at radius 1 is 1.00 bits per heavy atom. The Morgan fingerprint density at radius 3 is 2.67 bits per heavy atom. The average Bonchev–Trinajstić information content (AvgIpc) is 3.42. The highest BCUT2D eigenvalue weighted by Crippen LogP contribution is 2.33. The van der Waals surface area contributed by atoms with Crippen LogP contribution in [0.1, 0.15) is 56.6 Å². The Kier molecular flexibility index (Phi) is 9.14. The first kappa shape index (κ1) is 27.6. The Bertz CT molecular complexity index is 1300. The summed E-state index contributed by atoms with van der Waals surface area (Å²) in [4.78, 5) is 31.3. The molecule has 1 amide bonds. The van der Waals surface area contributed by atoms with Crippen LogP contribution in [0.15, 0.2) is 41.8 Å². The van der Waals surface area contributed by atoms with E-state index in [1.54, 1.807) is 28.4 Å². The van der Waals surface area contributed by atoms with Crippen LogP contribution in [0.4, 0.5) is 15.8 Å². The van der Waals surface area contributed by atoms with Crippen LogP contribution in [0, 0.1) is 5.82 Å². The number of carbonyl (C=O) groups excluding carboxylic acids is 2.